The molecule has 0 aliphatic carbocycles. The van der Waals surface area contributed by atoms with Crippen molar-refractivity contribution in [2.75, 3.05) is 4.72 Å². The number of sulfonamides is 1. The quantitative estimate of drug-likeness (QED) is 0.510. The third-order valence-electron chi connectivity index (χ3n) is 4.01. The van der Waals surface area contributed by atoms with Crippen LogP contribution in [0, 0.1) is 13.8 Å². The van der Waals surface area contributed by atoms with Crippen molar-refractivity contribution in [2.45, 2.75) is 24.5 Å². The summed E-state index contributed by atoms with van der Waals surface area (Å²) in [6, 6.07) is 9.17. The highest BCUT2D eigenvalue weighted by Gasteiger charge is 2.20. The fourth-order valence-electron chi connectivity index (χ4n) is 2.53. The number of rotatable bonds is 6. The molecule has 11 heteroatoms. The topological polar surface area (TPSA) is 130 Å². The number of carbonyl (C=O) groups excluding carboxylic acids is 2. The summed E-state index contributed by atoms with van der Waals surface area (Å²) in [6.07, 6.45) is -0.0197. The van der Waals surface area contributed by atoms with Gasteiger partial charge < -0.3 is 4.52 Å². The predicted octanol–water partition coefficient (Wildman–Crippen LogP) is 2.16. The molecule has 0 atom stereocenters. The first-order valence-electron chi connectivity index (χ1n) is 8.44. The SMILES string of the molecule is Cc1noc(C)c1CC(=O)NNC(=O)c1ccccc1NS(=O)(=O)c1cccs1. The number of para-hydroxylation sites is 1. The molecule has 0 fully saturated rings. The van der Waals surface area contributed by atoms with Crippen molar-refractivity contribution in [3.8, 4) is 0 Å². The Bertz CT molecular complexity index is 1120. The Hall–Kier alpha value is -3.18. The number of nitrogens with zero attached hydrogens (tertiary/aromatic N) is 1. The molecule has 9 nitrogen and oxygen atoms in total. The molecule has 3 N–H and O–H groups in total. The Morgan fingerprint density at radius 1 is 1.10 bits per heavy atom. The molecule has 2 heterocycles. The minimum atomic E-state index is -3.82. The Kier molecular flexibility index (Phi) is 5.99. The van der Waals surface area contributed by atoms with Crippen molar-refractivity contribution in [3.05, 3.63) is 64.4 Å². The van der Waals surface area contributed by atoms with Crippen molar-refractivity contribution < 1.29 is 22.5 Å². The van der Waals surface area contributed by atoms with Crippen LogP contribution < -0.4 is 15.6 Å². The number of benzene rings is 1. The van der Waals surface area contributed by atoms with Gasteiger partial charge in [-0.25, -0.2) is 8.42 Å². The van der Waals surface area contributed by atoms with E-state index >= 15 is 0 Å². The van der Waals surface area contributed by atoms with Gasteiger partial charge in [-0.05, 0) is 37.4 Å². The molecule has 0 bridgehead atoms. The van der Waals surface area contributed by atoms with Crippen molar-refractivity contribution in [1.82, 2.24) is 16.0 Å². The number of anilines is 1. The lowest BCUT2D eigenvalue weighted by atomic mass is 10.1. The molecule has 3 rings (SSSR count). The van der Waals surface area contributed by atoms with E-state index in [9.17, 15) is 18.0 Å². The molecule has 0 spiro atoms. The summed E-state index contributed by atoms with van der Waals surface area (Å²) < 4.78 is 32.4. The van der Waals surface area contributed by atoms with Gasteiger partial charge in [-0.2, -0.15) is 0 Å². The number of amides is 2. The molecule has 29 heavy (non-hydrogen) atoms. The predicted molar refractivity (Wildman–Crippen MR) is 107 cm³/mol. The second-order valence-electron chi connectivity index (χ2n) is 6.06. The first kappa shape index (κ1) is 20.6. The van der Waals surface area contributed by atoms with E-state index in [4.69, 9.17) is 4.52 Å². The number of aryl methyl sites for hydroxylation is 2. The van der Waals surface area contributed by atoms with Crippen LogP contribution in [0.25, 0.3) is 0 Å². The third-order valence-corrected chi connectivity index (χ3v) is 6.77. The van der Waals surface area contributed by atoms with Gasteiger partial charge in [-0.1, -0.05) is 23.4 Å². The maximum Gasteiger partial charge on any atom is 0.271 e. The van der Waals surface area contributed by atoms with E-state index in [-0.39, 0.29) is 21.9 Å². The van der Waals surface area contributed by atoms with Crippen molar-refractivity contribution in [2.24, 2.45) is 0 Å². The van der Waals surface area contributed by atoms with E-state index in [1.165, 1.54) is 18.2 Å². The molecule has 0 saturated heterocycles. The number of hydrogen-bond acceptors (Lipinski definition) is 7. The Morgan fingerprint density at radius 3 is 2.52 bits per heavy atom. The molecule has 0 unspecified atom stereocenters. The molecule has 0 aliphatic heterocycles. The summed E-state index contributed by atoms with van der Waals surface area (Å²) in [5.74, 6) is -0.608. The lowest BCUT2D eigenvalue weighted by molar-refractivity contribution is -0.121. The highest BCUT2D eigenvalue weighted by molar-refractivity contribution is 7.94. The summed E-state index contributed by atoms with van der Waals surface area (Å²) in [5, 5.41) is 5.41. The first-order valence-corrected chi connectivity index (χ1v) is 10.8. The fourth-order valence-corrected chi connectivity index (χ4v) is 4.61. The zero-order valence-electron chi connectivity index (χ0n) is 15.6. The molecule has 0 radical (unpaired) electrons. The Balaban J connectivity index is 1.68. The molecule has 2 amide bonds. The van der Waals surface area contributed by atoms with Crippen LogP contribution in [0.3, 0.4) is 0 Å². The Labute approximate surface area is 171 Å². The minimum Gasteiger partial charge on any atom is -0.361 e. The van der Waals surface area contributed by atoms with Crippen LogP contribution in [-0.4, -0.2) is 25.4 Å². The summed E-state index contributed by atoms with van der Waals surface area (Å²) in [4.78, 5) is 24.6. The van der Waals surface area contributed by atoms with Gasteiger partial charge in [0.25, 0.3) is 15.9 Å². The number of carbonyl (C=O) groups is 2. The van der Waals surface area contributed by atoms with Gasteiger partial charge in [0.15, 0.2) is 0 Å². The molecular weight excluding hydrogens is 416 g/mol. The summed E-state index contributed by atoms with van der Waals surface area (Å²) in [7, 11) is -3.82. The highest BCUT2D eigenvalue weighted by Crippen LogP contribution is 2.22. The molecule has 152 valence electrons. The van der Waals surface area contributed by atoms with Gasteiger partial charge in [0, 0.05) is 5.56 Å². The standard InChI is InChI=1S/C18H18N4O5S2/c1-11-14(12(2)27-21-11)10-16(23)19-20-18(24)13-6-3-4-7-15(13)22-29(25,26)17-8-5-9-28-17/h3-9,22H,10H2,1-2H3,(H,19,23)(H,20,24). The van der Waals surface area contributed by atoms with E-state index in [2.05, 4.69) is 20.7 Å². The van der Waals surface area contributed by atoms with Gasteiger partial charge in [0.05, 0.1) is 23.4 Å². The lowest BCUT2D eigenvalue weighted by Crippen LogP contribution is -2.42. The van der Waals surface area contributed by atoms with Crippen LogP contribution in [0.5, 0.6) is 0 Å². The highest BCUT2D eigenvalue weighted by atomic mass is 32.2. The second-order valence-corrected chi connectivity index (χ2v) is 8.92. The third kappa shape index (κ3) is 4.81. The monoisotopic (exact) mass is 434 g/mol. The molecule has 0 saturated carbocycles. The molecule has 1 aromatic carbocycles. The van der Waals surface area contributed by atoms with E-state index in [1.54, 1.807) is 37.4 Å². The van der Waals surface area contributed by atoms with Crippen LogP contribution in [-0.2, 0) is 21.2 Å². The number of hydrazine groups is 1. The molecule has 3 aromatic rings. The van der Waals surface area contributed by atoms with Crippen LogP contribution in [0.2, 0.25) is 0 Å². The summed E-state index contributed by atoms with van der Waals surface area (Å²) in [6.45, 7) is 3.41. The molecular formula is C18H18N4O5S2. The maximum absolute atomic E-state index is 12.5. The normalized spacial score (nSPS) is 11.1. The molecule has 2 aromatic heterocycles. The molecule has 0 aliphatic rings. The van der Waals surface area contributed by atoms with Crippen LogP contribution in [0.15, 0.2) is 50.5 Å². The number of nitrogens with one attached hydrogen (secondary N) is 3. The van der Waals surface area contributed by atoms with Crippen LogP contribution in [0.4, 0.5) is 5.69 Å². The van der Waals surface area contributed by atoms with Crippen molar-refractivity contribution in [1.29, 1.82) is 0 Å². The van der Waals surface area contributed by atoms with E-state index in [1.807, 2.05) is 0 Å². The van der Waals surface area contributed by atoms with Crippen molar-refractivity contribution >= 4 is 38.9 Å². The van der Waals surface area contributed by atoms with Crippen LogP contribution >= 0.6 is 11.3 Å². The fraction of sp³-hybridized carbons (Fsp3) is 0.167. The summed E-state index contributed by atoms with van der Waals surface area (Å²) >= 11 is 1.06. The zero-order valence-corrected chi connectivity index (χ0v) is 17.2. The van der Waals surface area contributed by atoms with E-state index < -0.39 is 21.8 Å². The van der Waals surface area contributed by atoms with E-state index in [0.29, 0.717) is 17.0 Å². The van der Waals surface area contributed by atoms with Crippen LogP contribution in [0.1, 0.15) is 27.4 Å². The van der Waals surface area contributed by atoms with Gasteiger partial charge in [0.2, 0.25) is 5.91 Å². The minimum absolute atomic E-state index is 0.0197. The zero-order chi connectivity index (χ0) is 21.0. The average Bonchev–Trinajstić information content (AvgIpc) is 3.33. The first-order chi connectivity index (χ1) is 13.8. The largest absolute Gasteiger partial charge is 0.361 e. The maximum atomic E-state index is 12.5. The number of thiophene rings is 1. The van der Waals surface area contributed by atoms with Gasteiger partial charge in [0.1, 0.15) is 9.97 Å². The number of hydrogen-bond donors (Lipinski definition) is 3. The van der Waals surface area contributed by atoms with Gasteiger partial charge in [-0.15, -0.1) is 11.3 Å². The smallest absolute Gasteiger partial charge is 0.271 e. The number of aromatic nitrogens is 1. The lowest BCUT2D eigenvalue weighted by Gasteiger charge is -2.12. The Morgan fingerprint density at radius 2 is 1.86 bits per heavy atom. The van der Waals surface area contributed by atoms with Crippen molar-refractivity contribution in [3.63, 3.8) is 0 Å². The van der Waals surface area contributed by atoms with E-state index in [0.717, 1.165) is 11.3 Å². The van der Waals surface area contributed by atoms with Gasteiger partial charge in [-0.3, -0.25) is 25.2 Å². The summed E-state index contributed by atoms with van der Waals surface area (Å²) in [5.41, 5.74) is 5.99. The average molecular weight is 434 g/mol. The second kappa shape index (κ2) is 8.45. The van der Waals surface area contributed by atoms with Gasteiger partial charge >= 0.3 is 0 Å².